The van der Waals surface area contributed by atoms with E-state index in [4.69, 9.17) is 0 Å². The Morgan fingerprint density at radius 2 is 1.86 bits per heavy atom. The molecular formula is C15H20F3N3. The summed E-state index contributed by atoms with van der Waals surface area (Å²) in [6.07, 6.45) is -1.89. The van der Waals surface area contributed by atoms with Crippen LogP contribution in [0.2, 0.25) is 0 Å². The first-order valence-corrected chi connectivity index (χ1v) is 7.42. The second kappa shape index (κ2) is 5.75. The molecule has 116 valence electrons. The van der Waals surface area contributed by atoms with Crippen molar-refractivity contribution in [3.05, 3.63) is 23.8 Å². The third-order valence-electron chi connectivity index (χ3n) is 4.17. The smallest absolute Gasteiger partial charge is 0.385 e. The number of hydrogen-bond donors (Lipinski definition) is 1. The summed E-state index contributed by atoms with van der Waals surface area (Å²) in [5, 5.41) is 3.37. The zero-order valence-electron chi connectivity index (χ0n) is 11.9. The van der Waals surface area contributed by atoms with Crippen molar-refractivity contribution in [2.24, 2.45) is 0 Å². The minimum Gasteiger partial charge on any atom is -0.385 e. The molecule has 0 aliphatic carbocycles. The van der Waals surface area contributed by atoms with Gasteiger partial charge in [0.25, 0.3) is 0 Å². The average Bonchev–Trinajstić information content (AvgIpc) is 2.46. The van der Waals surface area contributed by atoms with Crippen molar-refractivity contribution >= 4 is 11.4 Å². The maximum atomic E-state index is 12.4. The predicted octanol–water partition coefficient (Wildman–Crippen LogP) is 2.73. The Bertz CT molecular complexity index is 493. The van der Waals surface area contributed by atoms with Crippen LogP contribution in [0.3, 0.4) is 0 Å². The maximum absolute atomic E-state index is 12.4. The molecule has 3 rings (SSSR count). The van der Waals surface area contributed by atoms with Gasteiger partial charge >= 0.3 is 6.18 Å². The van der Waals surface area contributed by atoms with Gasteiger partial charge in [0.05, 0.1) is 6.54 Å². The standard InChI is InChI=1S/C15H20F3N3/c16-15(17,18)11-20-6-8-21(9-7-20)13-3-4-14-12(10-13)2-1-5-19-14/h3-4,10,19H,1-2,5-9,11H2. The van der Waals surface area contributed by atoms with E-state index in [1.807, 2.05) is 0 Å². The molecule has 21 heavy (non-hydrogen) atoms. The number of anilines is 2. The lowest BCUT2D eigenvalue weighted by molar-refractivity contribution is -0.146. The van der Waals surface area contributed by atoms with E-state index >= 15 is 0 Å². The Balaban J connectivity index is 1.62. The Morgan fingerprint density at radius 1 is 1.10 bits per heavy atom. The summed E-state index contributed by atoms with van der Waals surface area (Å²) in [5.74, 6) is 0. The van der Waals surface area contributed by atoms with Crippen molar-refractivity contribution in [1.82, 2.24) is 4.90 Å². The molecule has 6 heteroatoms. The van der Waals surface area contributed by atoms with Crippen molar-refractivity contribution < 1.29 is 13.2 Å². The van der Waals surface area contributed by atoms with Gasteiger partial charge in [-0.15, -0.1) is 0 Å². The van der Waals surface area contributed by atoms with Gasteiger partial charge in [0.1, 0.15) is 0 Å². The first-order valence-electron chi connectivity index (χ1n) is 7.42. The molecule has 0 saturated carbocycles. The number of rotatable bonds is 2. The van der Waals surface area contributed by atoms with Gasteiger partial charge in [0.2, 0.25) is 0 Å². The number of aryl methyl sites for hydroxylation is 1. The number of nitrogens with one attached hydrogen (secondary N) is 1. The Hall–Kier alpha value is -1.43. The SMILES string of the molecule is FC(F)(F)CN1CCN(c2ccc3c(c2)CCCN3)CC1. The quantitative estimate of drug-likeness (QED) is 0.906. The number of hydrogen-bond acceptors (Lipinski definition) is 3. The van der Waals surface area contributed by atoms with Gasteiger partial charge in [-0.1, -0.05) is 0 Å². The van der Waals surface area contributed by atoms with Crippen LogP contribution in [0.1, 0.15) is 12.0 Å². The number of benzene rings is 1. The molecule has 3 nitrogen and oxygen atoms in total. The van der Waals surface area contributed by atoms with Crippen LogP contribution in [0.15, 0.2) is 18.2 Å². The molecule has 0 aromatic heterocycles. The summed E-state index contributed by atoms with van der Waals surface area (Å²) in [4.78, 5) is 3.66. The van der Waals surface area contributed by atoms with Crippen LogP contribution < -0.4 is 10.2 Å². The highest BCUT2D eigenvalue weighted by atomic mass is 19.4. The number of alkyl halides is 3. The Labute approximate surface area is 122 Å². The summed E-state index contributed by atoms with van der Waals surface area (Å²) in [6.45, 7) is 2.46. The summed E-state index contributed by atoms with van der Waals surface area (Å²) >= 11 is 0. The Morgan fingerprint density at radius 3 is 2.57 bits per heavy atom. The fraction of sp³-hybridized carbons (Fsp3) is 0.600. The average molecular weight is 299 g/mol. The molecule has 0 unspecified atom stereocenters. The fourth-order valence-corrected chi connectivity index (χ4v) is 3.08. The van der Waals surface area contributed by atoms with Gasteiger partial charge in [-0.3, -0.25) is 4.90 Å². The van der Waals surface area contributed by atoms with Crippen LogP contribution in [0.25, 0.3) is 0 Å². The van der Waals surface area contributed by atoms with Crippen LogP contribution in [-0.2, 0) is 6.42 Å². The molecule has 1 fully saturated rings. The topological polar surface area (TPSA) is 18.5 Å². The summed E-state index contributed by atoms with van der Waals surface area (Å²) in [6, 6.07) is 6.34. The summed E-state index contributed by atoms with van der Waals surface area (Å²) in [7, 11) is 0. The lowest BCUT2D eigenvalue weighted by Gasteiger charge is -2.36. The molecule has 0 spiro atoms. The maximum Gasteiger partial charge on any atom is 0.401 e. The van der Waals surface area contributed by atoms with Gasteiger partial charge in [0.15, 0.2) is 0 Å². The van der Waals surface area contributed by atoms with Gasteiger partial charge in [-0.05, 0) is 36.6 Å². The highest BCUT2D eigenvalue weighted by Gasteiger charge is 2.32. The van der Waals surface area contributed by atoms with Crippen molar-refractivity contribution in [3.8, 4) is 0 Å². The third kappa shape index (κ3) is 3.61. The van der Waals surface area contributed by atoms with E-state index in [2.05, 4.69) is 28.4 Å². The van der Waals surface area contributed by atoms with E-state index in [-0.39, 0.29) is 0 Å². The monoisotopic (exact) mass is 299 g/mol. The minimum absolute atomic E-state index is 0.467. The molecule has 2 aliphatic rings. The molecule has 0 radical (unpaired) electrons. The Kier molecular flexibility index (Phi) is 3.97. The zero-order valence-corrected chi connectivity index (χ0v) is 11.9. The molecule has 1 aromatic rings. The number of fused-ring (bicyclic) bond motifs is 1. The predicted molar refractivity (Wildman–Crippen MR) is 78.0 cm³/mol. The van der Waals surface area contributed by atoms with Crippen LogP contribution in [0.4, 0.5) is 24.5 Å². The van der Waals surface area contributed by atoms with E-state index in [1.165, 1.54) is 16.2 Å². The van der Waals surface area contributed by atoms with Gasteiger partial charge in [-0.2, -0.15) is 13.2 Å². The van der Waals surface area contributed by atoms with Crippen molar-refractivity contribution in [2.75, 3.05) is 49.5 Å². The van der Waals surface area contributed by atoms with Gasteiger partial charge < -0.3 is 10.2 Å². The van der Waals surface area contributed by atoms with E-state index < -0.39 is 12.7 Å². The first kappa shape index (κ1) is 14.5. The van der Waals surface area contributed by atoms with Crippen molar-refractivity contribution in [1.29, 1.82) is 0 Å². The molecule has 0 amide bonds. The van der Waals surface area contributed by atoms with E-state index in [0.717, 1.165) is 25.1 Å². The third-order valence-corrected chi connectivity index (χ3v) is 4.17. The molecule has 1 N–H and O–H groups in total. The van der Waals surface area contributed by atoms with Gasteiger partial charge in [-0.25, -0.2) is 0 Å². The largest absolute Gasteiger partial charge is 0.401 e. The molecule has 1 saturated heterocycles. The molecule has 0 atom stereocenters. The molecule has 0 bridgehead atoms. The zero-order chi connectivity index (χ0) is 14.9. The second-order valence-electron chi connectivity index (χ2n) is 5.75. The molecule has 2 aliphatic heterocycles. The number of piperazine rings is 1. The van der Waals surface area contributed by atoms with E-state index in [1.54, 1.807) is 0 Å². The lowest BCUT2D eigenvalue weighted by atomic mass is 10.0. The van der Waals surface area contributed by atoms with Crippen LogP contribution in [-0.4, -0.2) is 50.3 Å². The van der Waals surface area contributed by atoms with Gasteiger partial charge in [0, 0.05) is 44.1 Å². The van der Waals surface area contributed by atoms with Crippen LogP contribution in [0.5, 0.6) is 0 Å². The highest BCUT2D eigenvalue weighted by molar-refractivity contribution is 5.61. The summed E-state index contributed by atoms with van der Waals surface area (Å²) < 4.78 is 37.2. The van der Waals surface area contributed by atoms with Crippen molar-refractivity contribution in [2.45, 2.75) is 19.0 Å². The number of halogens is 3. The van der Waals surface area contributed by atoms with Crippen molar-refractivity contribution in [3.63, 3.8) is 0 Å². The fourth-order valence-electron chi connectivity index (χ4n) is 3.08. The number of nitrogens with zero attached hydrogens (tertiary/aromatic N) is 2. The lowest BCUT2D eigenvalue weighted by Crippen LogP contribution is -2.49. The van der Waals surface area contributed by atoms with E-state index in [0.29, 0.717) is 26.2 Å². The molecule has 2 heterocycles. The normalized spacial score (nSPS) is 20.0. The molecular weight excluding hydrogens is 279 g/mol. The molecule has 1 aromatic carbocycles. The second-order valence-corrected chi connectivity index (χ2v) is 5.75. The van der Waals surface area contributed by atoms with E-state index in [9.17, 15) is 13.2 Å². The minimum atomic E-state index is -4.10. The summed E-state index contributed by atoms with van der Waals surface area (Å²) in [5.41, 5.74) is 3.64. The highest BCUT2D eigenvalue weighted by Crippen LogP contribution is 2.28. The van der Waals surface area contributed by atoms with Crippen LogP contribution in [0, 0.1) is 0 Å². The first-order chi connectivity index (χ1) is 10.0. The van der Waals surface area contributed by atoms with Crippen LogP contribution >= 0.6 is 0 Å².